The number of aromatic nitrogens is 2. The fraction of sp³-hybridized carbons (Fsp3) is 0.323. The standard InChI is InChI=1S/C31H36N6O6S/c1-20-15-37(21(2)18-38)30(39)25-14-23(33-31(40)34-26-11-7-9-22-8-5-6-10-24(22)26)12-13-27(25)43-28(20)16-36(4)44(41,42)29-17-35(3)19-32-29/h5-14,17,19-21,28,38H,15-16,18H2,1-4H3,(H2,33,34,40)/t20-,21+,28-/m1/s1. The van der Waals surface area contributed by atoms with Crippen molar-refractivity contribution in [2.45, 2.75) is 31.0 Å². The highest BCUT2D eigenvalue weighted by Crippen LogP contribution is 2.31. The van der Waals surface area contributed by atoms with Crippen molar-refractivity contribution in [2.75, 3.05) is 37.4 Å². The predicted octanol–water partition coefficient (Wildman–Crippen LogP) is 3.76. The number of nitrogens with zero attached hydrogens (tertiary/aromatic N) is 4. The van der Waals surface area contributed by atoms with Crippen molar-refractivity contribution in [3.63, 3.8) is 0 Å². The number of ether oxygens (including phenoxy) is 1. The van der Waals surface area contributed by atoms with E-state index < -0.39 is 28.2 Å². The summed E-state index contributed by atoms with van der Waals surface area (Å²) in [5.41, 5.74) is 1.17. The fourth-order valence-electron chi connectivity index (χ4n) is 5.17. The lowest BCUT2D eigenvalue weighted by atomic mass is 9.99. The lowest BCUT2D eigenvalue weighted by Crippen LogP contribution is -2.50. The highest BCUT2D eigenvalue weighted by atomic mass is 32.2. The molecule has 3 N–H and O–H groups in total. The van der Waals surface area contributed by atoms with Crippen molar-refractivity contribution >= 4 is 44.1 Å². The first kappa shape index (κ1) is 31.0. The van der Waals surface area contributed by atoms with Gasteiger partial charge in [-0.3, -0.25) is 4.79 Å². The number of amides is 3. The number of sulfonamides is 1. The molecule has 4 aromatic rings. The average Bonchev–Trinajstić information content (AvgIpc) is 3.46. The number of fused-ring (bicyclic) bond motifs is 2. The van der Waals surface area contributed by atoms with Gasteiger partial charge in [-0.15, -0.1) is 0 Å². The van der Waals surface area contributed by atoms with E-state index in [4.69, 9.17) is 4.74 Å². The van der Waals surface area contributed by atoms with Gasteiger partial charge in [-0.05, 0) is 36.6 Å². The molecule has 13 heteroatoms. The minimum absolute atomic E-state index is 0.0114. The first-order valence-corrected chi connectivity index (χ1v) is 15.6. The van der Waals surface area contributed by atoms with Crippen LogP contribution in [-0.4, -0.2) is 83.1 Å². The molecule has 0 fully saturated rings. The van der Waals surface area contributed by atoms with E-state index in [1.165, 1.54) is 29.9 Å². The molecule has 0 aliphatic carbocycles. The molecule has 0 saturated heterocycles. The summed E-state index contributed by atoms with van der Waals surface area (Å²) < 4.78 is 35.5. The molecule has 0 saturated carbocycles. The number of anilines is 2. The van der Waals surface area contributed by atoms with E-state index in [-0.39, 0.29) is 47.9 Å². The molecule has 44 heavy (non-hydrogen) atoms. The lowest BCUT2D eigenvalue weighted by molar-refractivity contribution is 0.0387. The zero-order valence-electron chi connectivity index (χ0n) is 25.0. The van der Waals surface area contributed by atoms with Gasteiger partial charge in [-0.2, -0.15) is 4.31 Å². The first-order chi connectivity index (χ1) is 21.0. The van der Waals surface area contributed by atoms with Crippen LogP contribution in [0.3, 0.4) is 0 Å². The van der Waals surface area contributed by atoms with E-state index in [1.807, 2.05) is 43.3 Å². The molecule has 5 rings (SSSR count). The quantitative estimate of drug-likeness (QED) is 0.272. The van der Waals surface area contributed by atoms with Crippen LogP contribution in [0.2, 0.25) is 0 Å². The zero-order chi connectivity index (χ0) is 31.6. The van der Waals surface area contributed by atoms with Gasteiger partial charge in [0.1, 0.15) is 11.9 Å². The monoisotopic (exact) mass is 620 g/mol. The number of aliphatic hydroxyl groups excluding tert-OH is 1. The van der Waals surface area contributed by atoms with Crippen LogP contribution in [0.4, 0.5) is 16.2 Å². The third-order valence-corrected chi connectivity index (χ3v) is 9.46. The molecule has 1 aliphatic heterocycles. The van der Waals surface area contributed by atoms with Crippen molar-refractivity contribution in [1.29, 1.82) is 0 Å². The predicted molar refractivity (Wildman–Crippen MR) is 167 cm³/mol. The smallest absolute Gasteiger partial charge is 0.323 e. The Bertz CT molecular complexity index is 1790. The van der Waals surface area contributed by atoms with Crippen molar-refractivity contribution in [3.8, 4) is 5.75 Å². The number of urea groups is 1. The third-order valence-electron chi connectivity index (χ3n) is 7.75. The Hall–Kier alpha value is -4.46. The van der Waals surface area contributed by atoms with E-state index in [2.05, 4.69) is 15.6 Å². The SMILES string of the molecule is C[C@@H]1CN([C@@H](C)CO)C(=O)c2cc(NC(=O)Nc3cccc4ccccc34)ccc2O[C@@H]1CN(C)S(=O)(=O)c1cn(C)cn1. The third kappa shape index (κ3) is 6.39. The minimum Gasteiger partial charge on any atom is -0.488 e. The number of aryl methyl sites for hydroxylation is 1. The van der Waals surface area contributed by atoms with Gasteiger partial charge in [-0.25, -0.2) is 18.2 Å². The molecule has 0 radical (unpaired) electrons. The van der Waals surface area contributed by atoms with Crippen molar-refractivity contribution in [1.82, 2.24) is 18.8 Å². The number of carbonyl (C=O) groups is 2. The van der Waals surface area contributed by atoms with Crippen molar-refractivity contribution < 1.29 is 27.9 Å². The Labute approximate surface area is 256 Å². The maximum absolute atomic E-state index is 13.8. The molecule has 0 spiro atoms. The van der Waals surface area contributed by atoms with Crippen LogP contribution in [0.25, 0.3) is 10.8 Å². The summed E-state index contributed by atoms with van der Waals surface area (Å²) in [6, 6.07) is 17.0. The van der Waals surface area contributed by atoms with E-state index in [9.17, 15) is 23.1 Å². The number of benzene rings is 3. The lowest BCUT2D eigenvalue weighted by Gasteiger charge is -2.38. The molecule has 12 nitrogen and oxygen atoms in total. The topological polar surface area (TPSA) is 146 Å². The molecule has 3 aromatic carbocycles. The van der Waals surface area contributed by atoms with Crippen molar-refractivity contribution in [2.24, 2.45) is 13.0 Å². The second-order valence-electron chi connectivity index (χ2n) is 11.1. The van der Waals surface area contributed by atoms with Crippen LogP contribution in [0.15, 0.2) is 78.2 Å². The van der Waals surface area contributed by atoms with Gasteiger partial charge in [0.15, 0.2) is 5.03 Å². The normalized spacial score (nSPS) is 17.9. The van der Waals surface area contributed by atoms with E-state index >= 15 is 0 Å². The molecular weight excluding hydrogens is 584 g/mol. The first-order valence-electron chi connectivity index (χ1n) is 14.2. The molecule has 3 atom stereocenters. The number of carbonyl (C=O) groups excluding carboxylic acids is 2. The van der Waals surface area contributed by atoms with Gasteiger partial charge in [0, 0.05) is 43.8 Å². The number of rotatable bonds is 8. The van der Waals surface area contributed by atoms with Crippen molar-refractivity contribution in [3.05, 3.63) is 78.8 Å². The summed E-state index contributed by atoms with van der Waals surface area (Å²) in [6.07, 6.45) is 2.20. The Morgan fingerprint density at radius 1 is 1.16 bits per heavy atom. The number of hydrogen-bond acceptors (Lipinski definition) is 7. The summed E-state index contributed by atoms with van der Waals surface area (Å²) >= 11 is 0. The highest BCUT2D eigenvalue weighted by Gasteiger charge is 2.35. The number of aliphatic hydroxyl groups is 1. The molecule has 0 unspecified atom stereocenters. The van der Waals surface area contributed by atoms with E-state index in [1.54, 1.807) is 41.6 Å². The molecular formula is C31H36N6O6S. The summed E-state index contributed by atoms with van der Waals surface area (Å²) in [5.74, 6) is -0.434. The largest absolute Gasteiger partial charge is 0.488 e. The molecule has 1 aromatic heterocycles. The summed E-state index contributed by atoms with van der Waals surface area (Å²) in [7, 11) is -0.751. The second-order valence-corrected chi connectivity index (χ2v) is 13.1. The number of hydrogen-bond donors (Lipinski definition) is 3. The Balaban J connectivity index is 1.41. The number of nitrogens with one attached hydrogen (secondary N) is 2. The van der Waals surface area contributed by atoms with Crippen LogP contribution >= 0.6 is 0 Å². The molecule has 2 heterocycles. The van der Waals surface area contributed by atoms with E-state index in [0.29, 0.717) is 11.4 Å². The number of likely N-dealkylation sites (N-methyl/N-ethyl adjacent to an activating group) is 1. The second kappa shape index (κ2) is 12.6. The summed E-state index contributed by atoms with van der Waals surface area (Å²) in [4.78, 5) is 32.3. The number of imidazole rings is 1. The van der Waals surface area contributed by atoms with Gasteiger partial charge in [0.2, 0.25) is 0 Å². The van der Waals surface area contributed by atoms with Crippen LogP contribution in [0.5, 0.6) is 5.75 Å². The summed E-state index contributed by atoms with van der Waals surface area (Å²) in [5, 5.41) is 17.4. The van der Waals surface area contributed by atoms with Gasteiger partial charge >= 0.3 is 6.03 Å². The molecule has 3 amide bonds. The van der Waals surface area contributed by atoms with Crippen LogP contribution in [0.1, 0.15) is 24.2 Å². The fourth-order valence-corrected chi connectivity index (χ4v) is 6.31. The Kier molecular flexibility index (Phi) is 8.90. The highest BCUT2D eigenvalue weighted by molar-refractivity contribution is 7.89. The minimum atomic E-state index is -3.90. The van der Waals surface area contributed by atoms with Gasteiger partial charge < -0.3 is 29.9 Å². The maximum atomic E-state index is 13.8. The van der Waals surface area contributed by atoms with E-state index in [0.717, 1.165) is 10.8 Å². The van der Waals surface area contributed by atoms with Crippen LogP contribution in [0, 0.1) is 5.92 Å². The van der Waals surface area contributed by atoms with Gasteiger partial charge in [0.25, 0.3) is 15.9 Å². The molecule has 0 bridgehead atoms. The Morgan fingerprint density at radius 3 is 2.64 bits per heavy atom. The maximum Gasteiger partial charge on any atom is 0.323 e. The average molecular weight is 621 g/mol. The van der Waals surface area contributed by atoms with Gasteiger partial charge in [-0.1, -0.05) is 43.3 Å². The van der Waals surface area contributed by atoms with Crippen LogP contribution in [-0.2, 0) is 17.1 Å². The molecule has 232 valence electrons. The zero-order valence-corrected chi connectivity index (χ0v) is 25.8. The Morgan fingerprint density at radius 2 is 1.91 bits per heavy atom. The van der Waals surface area contributed by atoms with Crippen LogP contribution < -0.4 is 15.4 Å². The molecule has 1 aliphatic rings. The van der Waals surface area contributed by atoms with Gasteiger partial charge in [0.05, 0.1) is 36.8 Å². The summed E-state index contributed by atoms with van der Waals surface area (Å²) in [6.45, 7) is 3.54.